The zero-order chi connectivity index (χ0) is 18.6. The van der Waals surface area contributed by atoms with Gasteiger partial charge in [0, 0.05) is 24.3 Å². The van der Waals surface area contributed by atoms with Gasteiger partial charge in [0.05, 0.1) is 5.56 Å². The molecule has 0 spiro atoms. The van der Waals surface area contributed by atoms with E-state index >= 15 is 0 Å². The summed E-state index contributed by atoms with van der Waals surface area (Å²) in [5.74, 6) is -0.470. The minimum atomic E-state index is -4.50. The molecule has 0 saturated carbocycles. The van der Waals surface area contributed by atoms with Gasteiger partial charge < -0.3 is 16.0 Å². The van der Waals surface area contributed by atoms with Crippen molar-refractivity contribution in [3.8, 4) is 0 Å². The van der Waals surface area contributed by atoms with Crippen LogP contribution in [0.25, 0.3) is 0 Å². The van der Waals surface area contributed by atoms with E-state index in [9.17, 15) is 18.0 Å². The molecule has 1 amide bonds. The van der Waals surface area contributed by atoms with Crippen molar-refractivity contribution in [2.24, 2.45) is 5.73 Å². The molecule has 2 rings (SSSR count). The van der Waals surface area contributed by atoms with Gasteiger partial charge >= 0.3 is 6.18 Å². The number of carbonyl (C=O) groups excluding carboxylic acids is 1. The third-order valence-electron chi connectivity index (χ3n) is 3.50. The van der Waals surface area contributed by atoms with Gasteiger partial charge in [0.25, 0.3) is 5.91 Å². The van der Waals surface area contributed by atoms with E-state index in [4.69, 9.17) is 5.73 Å². The van der Waals surface area contributed by atoms with Crippen molar-refractivity contribution >= 4 is 36.4 Å². The summed E-state index contributed by atoms with van der Waals surface area (Å²) in [5, 5.41) is 2.52. The maximum Gasteiger partial charge on any atom is 0.416 e. The fourth-order valence-corrected chi connectivity index (χ4v) is 2.43. The number of halogens is 5. The van der Waals surface area contributed by atoms with Crippen LogP contribution in [0.4, 0.5) is 18.9 Å². The molecular formula is C18H22Cl2F3N3O. The van der Waals surface area contributed by atoms with Crippen LogP contribution < -0.4 is 11.1 Å². The first kappa shape index (κ1) is 25.2. The van der Waals surface area contributed by atoms with E-state index in [1.54, 1.807) is 18.2 Å². The summed E-state index contributed by atoms with van der Waals surface area (Å²) in [4.78, 5) is 14.3. The van der Waals surface area contributed by atoms with E-state index in [0.29, 0.717) is 17.7 Å². The Bertz CT molecular complexity index is 768. The number of nitrogens with one attached hydrogen (secondary N) is 1. The molecule has 2 aromatic carbocycles. The van der Waals surface area contributed by atoms with Crippen molar-refractivity contribution in [3.63, 3.8) is 0 Å². The third kappa shape index (κ3) is 7.38. The van der Waals surface area contributed by atoms with Crippen LogP contribution in [0.15, 0.2) is 42.5 Å². The Hall–Kier alpha value is -1.80. The predicted octanol–water partition coefficient (Wildman–Crippen LogP) is 4.32. The number of hydrogen-bond donors (Lipinski definition) is 2. The van der Waals surface area contributed by atoms with Crippen molar-refractivity contribution in [1.29, 1.82) is 0 Å². The fraction of sp³-hybridized carbons (Fsp3) is 0.278. The predicted molar refractivity (Wildman–Crippen MR) is 106 cm³/mol. The topological polar surface area (TPSA) is 58.4 Å². The van der Waals surface area contributed by atoms with Gasteiger partial charge in [0.15, 0.2) is 0 Å². The Labute approximate surface area is 168 Å². The van der Waals surface area contributed by atoms with E-state index in [-0.39, 0.29) is 37.0 Å². The lowest BCUT2D eigenvalue weighted by Crippen LogP contribution is -2.15. The van der Waals surface area contributed by atoms with Gasteiger partial charge in [-0.3, -0.25) is 4.79 Å². The Morgan fingerprint density at radius 2 is 1.74 bits per heavy atom. The van der Waals surface area contributed by atoms with E-state index in [0.717, 1.165) is 17.7 Å². The van der Waals surface area contributed by atoms with Gasteiger partial charge in [-0.2, -0.15) is 13.2 Å². The molecular weight excluding hydrogens is 402 g/mol. The maximum absolute atomic E-state index is 13.0. The van der Waals surface area contributed by atoms with Crippen LogP contribution in [-0.2, 0) is 19.3 Å². The minimum Gasteiger partial charge on any atom is -0.326 e. The molecule has 9 heteroatoms. The highest BCUT2D eigenvalue weighted by atomic mass is 35.5. The van der Waals surface area contributed by atoms with Gasteiger partial charge in [-0.15, -0.1) is 24.8 Å². The first-order valence-electron chi connectivity index (χ1n) is 7.65. The number of nitrogens with zero attached hydrogens (tertiary/aromatic N) is 1. The molecule has 4 nitrogen and oxygen atoms in total. The van der Waals surface area contributed by atoms with Crippen molar-refractivity contribution in [1.82, 2.24) is 4.90 Å². The molecule has 0 bridgehead atoms. The highest BCUT2D eigenvalue weighted by Crippen LogP contribution is 2.32. The van der Waals surface area contributed by atoms with E-state index in [2.05, 4.69) is 5.32 Å². The third-order valence-corrected chi connectivity index (χ3v) is 3.50. The van der Waals surface area contributed by atoms with Crippen LogP contribution in [0.1, 0.15) is 27.0 Å². The lowest BCUT2D eigenvalue weighted by atomic mass is 10.1. The standard InChI is InChI=1S/C18H20F3N3O.2ClH/c1-24(2)11-12-4-3-5-14(6-12)17(25)23-16-8-13(10-22)7-15(9-16)18(19,20)21;;/h3-9H,10-11,22H2,1-2H3,(H,23,25);2*1H. The number of benzene rings is 2. The molecule has 0 aliphatic carbocycles. The summed E-state index contributed by atoms with van der Waals surface area (Å²) in [6, 6.07) is 10.3. The zero-order valence-electron chi connectivity index (χ0n) is 14.8. The van der Waals surface area contributed by atoms with Crippen molar-refractivity contribution < 1.29 is 18.0 Å². The van der Waals surface area contributed by atoms with Crippen LogP contribution in [0, 0.1) is 0 Å². The molecule has 27 heavy (non-hydrogen) atoms. The quantitative estimate of drug-likeness (QED) is 0.752. The van der Waals surface area contributed by atoms with Gasteiger partial charge in [0.2, 0.25) is 0 Å². The molecule has 150 valence electrons. The van der Waals surface area contributed by atoms with Gasteiger partial charge in [0.1, 0.15) is 0 Å². The van der Waals surface area contributed by atoms with E-state index in [1.165, 1.54) is 6.07 Å². The summed E-state index contributed by atoms with van der Waals surface area (Å²) in [6.45, 7) is 0.604. The molecule has 0 aliphatic rings. The van der Waals surface area contributed by atoms with Crippen LogP contribution in [0.3, 0.4) is 0 Å². The Kier molecular flexibility index (Phi) is 9.81. The Morgan fingerprint density at radius 1 is 1.07 bits per heavy atom. The van der Waals surface area contributed by atoms with Crippen molar-refractivity contribution in [2.45, 2.75) is 19.3 Å². The highest BCUT2D eigenvalue weighted by molar-refractivity contribution is 6.04. The molecule has 0 unspecified atom stereocenters. The van der Waals surface area contributed by atoms with Crippen molar-refractivity contribution in [3.05, 3.63) is 64.7 Å². The highest BCUT2D eigenvalue weighted by Gasteiger charge is 2.31. The number of amides is 1. The number of alkyl halides is 3. The summed E-state index contributed by atoms with van der Waals surface area (Å²) in [6.07, 6.45) is -4.50. The minimum absolute atomic E-state index is 0. The lowest BCUT2D eigenvalue weighted by Gasteiger charge is -2.13. The number of hydrogen-bond acceptors (Lipinski definition) is 3. The number of carbonyl (C=O) groups is 1. The van der Waals surface area contributed by atoms with Crippen LogP contribution >= 0.6 is 24.8 Å². The fourth-order valence-electron chi connectivity index (χ4n) is 2.43. The summed E-state index contributed by atoms with van der Waals surface area (Å²) < 4.78 is 38.9. The summed E-state index contributed by atoms with van der Waals surface area (Å²) >= 11 is 0. The largest absolute Gasteiger partial charge is 0.416 e. The molecule has 0 heterocycles. The molecule has 0 radical (unpaired) electrons. The smallest absolute Gasteiger partial charge is 0.326 e. The van der Waals surface area contributed by atoms with Gasteiger partial charge in [-0.05, 0) is 55.6 Å². The molecule has 0 saturated heterocycles. The molecule has 3 N–H and O–H groups in total. The molecule has 0 aliphatic heterocycles. The zero-order valence-corrected chi connectivity index (χ0v) is 16.5. The second-order valence-electron chi connectivity index (χ2n) is 6.01. The van der Waals surface area contributed by atoms with Gasteiger partial charge in [-0.25, -0.2) is 0 Å². The molecule has 0 fully saturated rings. The SMILES string of the molecule is CN(C)Cc1cccc(C(=O)Nc2cc(CN)cc(C(F)(F)F)c2)c1.Cl.Cl. The number of nitrogens with two attached hydrogens (primary N) is 1. The normalized spacial score (nSPS) is 10.8. The summed E-state index contributed by atoms with van der Waals surface area (Å²) in [7, 11) is 3.81. The average molecular weight is 424 g/mol. The van der Waals surface area contributed by atoms with Crippen molar-refractivity contribution in [2.75, 3.05) is 19.4 Å². The van der Waals surface area contributed by atoms with E-state index in [1.807, 2.05) is 25.1 Å². The molecule has 0 atom stereocenters. The number of rotatable bonds is 5. The van der Waals surface area contributed by atoms with Crippen LogP contribution in [-0.4, -0.2) is 24.9 Å². The Balaban J connectivity index is 0.00000338. The van der Waals surface area contributed by atoms with Crippen LogP contribution in [0.2, 0.25) is 0 Å². The van der Waals surface area contributed by atoms with Crippen LogP contribution in [0.5, 0.6) is 0 Å². The first-order valence-corrected chi connectivity index (χ1v) is 7.65. The molecule has 2 aromatic rings. The van der Waals surface area contributed by atoms with Gasteiger partial charge in [-0.1, -0.05) is 12.1 Å². The van der Waals surface area contributed by atoms with E-state index < -0.39 is 17.6 Å². The number of anilines is 1. The Morgan fingerprint density at radius 3 is 2.30 bits per heavy atom. The second-order valence-corrected chi connectivity index (χ2v) is 6.01. The summed E-state index contributed by atoms with van der Waals surface area (Å²) in [5.41, 5.74) is 6.29. The lowest BCUT2D eigenvalue weighted by molar-refractivity contribution is -0.137. The first-order chi connectivity index (χ1) is 11.7. The monoisotopic (exact) mass is 423 g/mol. The second kappa shape index (κ2) is 10.5. The molecule has 0 aromatic heterocycles. The average Bonchev–Trinajstić information content (AvgIpc) is 2.53. The maximum atomic E-state index is 13.0.